The number of rotatable bonds is 11. The fourth-order valence-electron chi connectivity index (χ4n) is 2.84. The smallest absolute Gasteiger partial charge is 0.273 e. The van der Waals surface area contributed by atoms with Crippen LogP contribution in [-0.2, 0) is 13.0 Å². The summed E-state index contributed by atoms with van der Waals surface area (Å²) >= 11 is 0. The molecule has 158 valence electrons. The minimum Gasteiger partial charge on any atom is -0.497 e. The summed E-state index contributed by atoms with van der Waals surface area (Å²) in [4.78, 5) is 12.2. The van der Waals surface area contributed by atoms with Crippen molar-refractivity contribution in [2.75, 3.05) is 20.3 Å². The third-order valence-electron chi connectivity index (χ3n) is 4.45. The summed E-state index contributed by atoms with van der Waals surface area (Å²) in [5.74, 6) is 0.866. The topological polar surface area (TPSA) is 98.5 Å². The zero-order valence-electron chi connectivity index (χ0n) is 16.9. The van der Waals surface area contributed by atoms with Crippen molar-refractivity contribution in [3.8, 4) is 11.5 Å². The Hall–Kier alpha value is -3.39. The van der Waals surface area contributed by atoms with Gasteiger partial charge in [0.2, 0.25) is 0 Å². The molecule has 0 saturated heterocycles. The van der Waals surface area contributed by atoms with Crippen LogP contribution in [0, 0.1) is 0 Å². The first-order valence-electron chi connectivity index (χ1n) is 9.81. The van der Waals surface area contributed by atoms with Gasteiger partial charge < -0.3 is 19.9 Å². The number of aliphatic hydroxyl groups is 1. The zero-order valence-corrected chi connectivity index (χ0v) is 16.9. The van der Waals surface area contributed by atoms with Crippen LogP contribution < -0.4 is 14.8 Å². The molecule has 0 aliphatic heterocycles. The molecule has 8 nitrogen and oxygen atoms in total. The Morgan fingerprint density at radius 1 is 1.17 bits per heavy atom. The van der Waals surface area contributed by atoms with E-state index in [9.17, 15) is 9.90 Å². The molecule has 0 aliphatic carbocycles. The van der Waals surface area contributed by atoms with Crippen molar-refractivity contribution in [3.05, 3.63) is 72.1 Å². The van der Waals surface area contributed by atoms with E-state index in [2.05, 4.69) is 27.8 Å². The predicted octanol–water partition coefficient (Wildman–Crippen LogP) is 2.09. The van der Waals surface area contributed by atoms with Gasteiger partial charge in [-0.15, -0.1) is 5.10 Å². The Morgan fingerprint density at radius 3 is 2.77 bits per heavy atom. The van der Waals surface area contributed by atoms with E-state index in [0.29, 0.717) is 18.0 Å². The maximum Gasteiger partial charge on any atom is 0.273 e. The summed E-state index contributed by atoms with van der Waals surface area (Å²) in [5.41, 5.74) is 1.48. The average molecular weight is 410 g/mol. The van der Waals surface area contributed by atoms with Gasteiger partial charge in [-0.3, -0.25) is 9.48 Å². The fourth-order valence-corrected chi connectivity index (χ4v) is 2.84. The minimum absolute atomic E-state index is 0.0413. The fraction of sp³-hybridized carbons (Fsp3) is 0.318. The normalized spacial score (nSPS) is 11.7. The zero-order chi connectivity index (χ0) is 21.2. The predicted molar refractivity (Wildman–Crippen MR) is 112 cm³/mol. The van der Waals surface area contributed by atoms with Crippen LogP contribution in [0.4, 0.5) is 0 Å². The first-order chi connectivity index (χ1) is 14.6. The van der Waals surface area contributed by atoms with E-state index in [1.807, 2.05) is 18.2 Å². The minimum atomic E-state index is -0.860. The Morgan fingerprint density at radius 2 is 1.97 bits per heavy atom. The molecule has 0 fully saturated rings. The van der Waals surface area contributed by atoms with Gasteiger partial charge in [0.15, 0.2) is 5.69 Å². The number of aliphatic hydroxyl groups excluding tert-OH is 1. The summed E-state index contributed by atoms with van der Waals surface area (Å²) in [7, 11) is 1.57. The third-order valence-corrected chi connectivity index (χ3v) is 4.45. The molecule has 1 atom stereocenters. The van der Waals surface area contributed by atoms with E-state index in [4.69, 9.17) is 9.47 Å². The van der Waals surface area contributed by atoms with Crippen molar-refractivity contribution < 1.29 is 19.4 Å². The van der Waals surface area contributed by atoms with Gasteiger partial charge in [0.1, 0.15) is 24.2 Å². The van der Waals surface area contributed by atoms with Gasteiger partial charge in [0.05, 0.1) is 13.3 Å². The first-order valence-corrected chi connectivity index (χ1v) is 9.81. The van der Waals surface area contributed by atoms with Crippen LogP contribution in [-0.4, -0.2) is 52.4 Å². The Bertz CT molecular complexity index is 930. The van der Waals surface area contributed by atoms with Crippen LogP contribution in [0.15, 0.2) is 60.8 Å². The molecule has 1 unspecified atom stereocenters. The van der Waals surface area contributed by atoms with Crippen LogP contribution >= 0.6 is 0 Å². The second-order valence-electron chi connectivity index (χ2n) is 6.81. The maximum absolute atomic E-state index is 12.2. The molecule has 1 amide bonds. The lowest BCUT2D eigenvalue weighted by Crippen LogP contribution is -2.35. The Balaban J connectivity index is 1.38. The molecular weight excluding hydrogens is 384 g/mol. The monoisotopic (exact) mass is 410 g/mol. The number of benzene rings is 2. The second-order valence-corrected chi connectivity index (χ2v) is 6.81. The van der Waals surface area contributed by atoms with Crippen molar-refractivity contribution in [1.82, 2.24) is 20.3 Å². The number of nitrogens with zero attached hydrogens (tertiary/aromatic N) is 3. The van der Waals surface area contributed by atoms with Crippen molar-refractivity contribution >= 4 is 5.91 Å². The van der Waals surface area contributed by atoms with E-state index in [1.54, 1.807) is 42.3 Å². The molecule has 1 aromatic heterocycles. The molecule has 0 spiro atoms. The number of carbonyl (C=O) groups excluding carboxylic acids is 1. The molecular formula is C22H26N4O4. The molecule has 2 N–H and O–H groups in total. The molecule has 30 heavy (non-hydrogen) atoms. The quantitative estimate of drug-likeness (QED) is 0.502. The van der Waals surface area contributed by atoms with Crippen LogP contribution in [0.3, 0.4) is 0 Å². The van der Waals surface area contributed by atoms with Gasteiger partial charge in [0.25, 0.3) is 5.91 Å². The molecule has 0 radical (unpaired) electrons. The number of aryl methyl sites for hydroxylation is 2. The van der Waals surface area contributed by atoms with Gasteiger partial charge in [0, 0.05) is 19.2 Å². The summed E-state index contributed by atoms with van der Waals surface area (Å²) in [6, 6.07) is 17.3. The van der Waals surface area contributed by atoms with Gasteiger partial charge in [-0.2, -0.15) is 0 Å². The van der Waals surface area contributed by atoms with Gasteiger partial charge in [-0.25, -0.2) is 0 Å². The molecule has 0 saturated carbocycles. The van der Waals surface area contributed by atoms with E-state index in [0.717, 1.165) is 12.8 Å². The van der Waals surface area contributed by atoms with Crippen LogP contribution in [0.1, 0.15) is 22.5 Å². The van der Waals surface area contributed by atoms with E-state index in [-0.39, 0.29) is 24.8 Å². The van der Waals surface area contributed by atoms with Crippen molar-refractivity contribution in [2.45, 2.75) is 25.5 Å². The lowest BCUT2D eigenvalue weighted by molar-refractivity contribution is 0.0839. The second kappa shape index (κ2) is 11.0. The molecule has 3 rings (SSSR count). The summed E-state index contributed by atoms with van der Waals surface area (Å²) in [6.45, 7) is 0.759. The maximum atomic E-state index is 12.2. The molecule has 3 aromatic rings. The number of carbonyl (C=O) groups is 1. The summed E-state index contributed by atoms with van der Waals surface area (Å²) in [5, 5.41) is 20.6. The SMILES string of the molecule is COc1cccc(OCC(O)CNC(=O)c2cn(CCCc3ccccc3)nn2)c1. The van der Waals surface area contributed by atoms with Crippen molar-refractivity contribution in [2.24, 2.45) is 0 Å². The average Bonchev–Trinajstić information content (AvgIpc) is 3.26. The van der Waals surface area contributed by atoms with Crippen LogP contribution in [0.2, 0.25) is 0 Å². The van der Waals surface area contributed by atoms with Crippen LogP contribution in [0.5, 0.6) is 11.5 Å². The molecule has 0 bridgehead atoms. The van der Waals surface area contributed by atoms with Gasteiger partial charge in [-0.05, 0) is 30.5 Å². The van der Waals surface area contributed by atoms with E-state index in [1.165, 1.54) is 5.56 Å². The van der Waals surface area contributed by atoms with Crippen LogP contribution in [0.25, 0.3) is 0 Å². The highest BCUT2D eigenvalue weighted by atomic mass is 16.5. The number of ether oxygens (including phenoxy) is 2. The number of hydrogen-bond acceptors (Lipinski definition) is 6. The summed E-state index contributed by atoms with van der Waals surface area (Å²) in [6.07, 6.45) is 2.58. The highest BCUT2D eigenvalue weighted by Crippen LogP contribution is 2.18. The van der Waals surface area contributed by atoms with Gasteiger partial charge >= 0.3 is 0 Å². The lowest BCUT2D eigenvalue weighted by Gasteiger charge is -2.13. The summed E-state index contributed by atoms with van der Waals surface area (Å²) < 4.78 is 12.3. The Labute approximate surface area is 175 Å². The third kappa shape index (κ3) is 6.59. The number of nitrogens with one attached hydrogen (secondary N) is 1. The van der Waals surface area contributed by atoms with Gasteiger partial charge in [-0.1, -0.05) is 41.6 Å². The molecule has 0 aliphatic rings. The Kier molecular flexibility index (Phi) is 7.79. The molecule has 2 aromatic carbocycles. The number of amides is 1. The largest absolute Gasteiger partial charge is 0.497 e. The van der Waals surface area contributed by atoms with Crippen molar-refractivity contribution in [3.63, 3.8) is 0 Å². The highest BCUT2D eigenvalue weighted by Gasteiger charge is 2.13. The molecule has 1 heterocycles. The standard InChI is InChI=1S/C22H26N4O4/c1-29-19-10-5-11-20(13-19)30-16-18(27)14-23-22(28)21-15-26(25-24-21)12-6-9-17-7-3-2-4-8-17/h2-5,7-8,10-11,13,15,18,27H,6,9,12,14,16H2,1H3,(H,23,28). The molecule has 8 heteroatoms. The lowest BCUT2D eigenvalue weighted by atomic mass is 10.1. The number of aromatic nitrogens is 3. The van der Waals surface area contributed by atoms with E-state index >= 15 is 0 Å². The first kappa shape index (κ1) is 21.3. The highest BCUT2D eigenvalue weighted by molar-refractivity contribution is 5.91. The number of hydrogen-bond donors (Lipinski definition) is 2. The number of methoxy groups -OCH3 is 1. The van der Waals surface area contributed by atoms with E-state index < -0.39 is 6.10 Å². The van der Waals surface area contributed by atoms with Crippen molar-refractivity contribution in [1.29, 1.82) is 0 Å².